The fourth-order valence-electron chi connectivity index (χ4n) is 2.00. The molecular weight excluding hydrogens is 342 g/mol. The number of ketones is 1. The van der Waals surface area contributed by atoms with E-state index in [9.17, 15) is 13.6 Å². The third-order valence-electron chi connectivity index (χ3n) is 3.18. The zero-order chi connectivity index (χ0) is 15.6. The quantitative estimate of drug-likeness (QED) is 0.757. The number of aryl methyl sites for hydroxylation is 1. The van der Waals surface area contributed by atoms with Crippen LogP contribution in [0.5, 0.6) is 5.75 Å². The number of carbonyl (C=O) groups excluding carboxylic acids is 1. The molecule has 2 rings (SSSR count). The molecule has 0 amide bonds. The van der Waals surface area contributed by atoms with Gasteiger partial charge in [0, 0.05) is 16.5 Å². The monoisotopic (exact) mass is 354 g/mol. The van der Waals surface area contributed by atoms with Crippen LogP contribution in [0.4, 0.5) is 8.78 Å². The molecule has 0 aliphatic heterocycles. The van der Waals surface area contributed by atoms with E-state index in [2.05, 4.69) is 15.9 Å². The number of benzene rings is 2. The summed E-state index contributed by atoms with van der Waals surface area (Å²) in [5.74, 6) is -1.48. The molecule has 0 spiro atoms. The fourth-order valence-corrected chi connectivity index (χ4v) is 2.34. The summed E-state index contributed by atoms with van der Waals surface area (Å²) in [7, 11) is 1.45. The van der Waals surface area contributed by atoms with Crippen molar-refractivity contribution in [3.05, 3.63) is 63.1 Å². The SMILES string of the molecule is COc1cc(C)c(Br)cc1C(=O)Cc1c(F)cccc1F. The van der Waals surface area contributed by atoms with E-state index in [0.29, 0.717) is 5.75 Å². The van der Waals surface area contributed by atoms with Crippen molar-refractivity contribution in [3.63, 3.8) is 0 Å². The number of carbonyl (C=O) groups is 1. The van der Waals surface area contributed by atoms with Crippen molar-refractivity contribution < 1.29 is 18.3 Å². The van der Waals surface area contributed by atoms with Crippen LogP contribution in [-0.2, 0) is 6.42 Å². The molecule has 0 heterocycles. The molecule has 5 heteroatoms. The van der Waals surface area contributed by atoms with Crippen molar-refractivity contribution in [2.75, 3.05) is 7.11 Å². The lowest BCUT2D eigenvalue weighted by atomic mass is 10.0. The van der Waals surface area contributed by atoms with Gasteiger partial charge >= 0.3 is 0 Å². The van der Waals surface area contributed by atoms with Crippen molar-refractivity contribution in [1.82, 2.24) is 0 Å². The van der Waals surface area contributed by atoms with E-state index in [1.165, 1.54) is 13.2 Å². The Kier molecular flexibility index (Phi) is 4.73. The van der Waals surface area contributed by atoms with Gasteiger partial charge in [0.15, 0.2) is 5.78 Å². The first-order chi connectivity index (χ1) is 9.93. The first kappa shape index (κ1) is 15.6. The van der Waals surface area contributed by atoms with Gasteiger partial charge in [0.1, 0.15) is 17.4 Å². The van der Waals surface area contributed by atoms with Crippen LogP contribution in [0.1, 0.15) is 21.5 Å². The van der Waals surface area contributed by atoms with Crippen molar-refractivity contribution >= 4 is 21.7 Å². The lowest BCUT2D eigenvalue weighted by Gasteiger charge is -2.11. The van der Waals surface area contributed by atoms with Gasteiger partial charge in [-0.05, 0) is 36.8 Å². The van der Waals surface area contributed by atoms with E-state index in [1.54, 1.807) is 12.1 Å². The third kappa shape index (κ3) is 3.29. The van der Waals surface area contributed by atoms with Crippen molar-refractivity contribution in [2.24, 2.45) is 0 Å². The predicted octanol–water partition coefficient (Wildman–Crippen LogP) is 4.47. The molecule has 110 valence electrons. The fraction of sp³-hybridized carbons (Fsp3) is 0.188. The van der Waals surface area contributed by atoms with Gasteiger partial charge in [0.2, 0.25) is 0 Å². The average Bonchev–Trinajstić information content (AvgIpc) is 2.45. The third-order valence-corrected chi connectivity index (χ3v) is 4.03. The minimum absolute atomic E-state index is 0.235. The Morgan fingerprint density at radius 3 is 2.43 bits per heavy atom. The normalized spacial score (nSPS) is 10.5. The maximum absolute atomic E-state index is 13.6. The highest BCUT2D eigenvalue weighted by molar-refractivity contribution is 9.10. The highest BCUT2D eigenvalue weighted by atomic mass is 79.9. The van der Waals surface area contributed by atoms with Crippen LogP contribution < -0.4 is 4.74 Å². The zero-order valence-electron chi connectivity index (χ0n) is 11.5. The molecule has 0 saturated carbocycles. The zero-order valence-corrected chi connectivity index (χ0v) is 13.1. The minimum atomic E-state index is -0.728. The molecule has 21 heavy (non-hydrogen) atoms. The summed E-state index contributed by atoms with van der Waals surface area (Å²) in [6.45, 7) is 1.86. The Labute approximate surface area is 129 Å². The van der Waals surface area contributed by atoms with E-state index < -0.39 is 17.4 Å². The van der Waals surface area contributed by atoms with Gasteiger partial charge < -0.3 is 4.74 Å². The second-order valence-corrected chi connectivity index (χ2v) is 5.46. The number of rotatable bonds is 4. The van der Waals surface area contributed by atoms with E-state index in [0.717, 1.165) is 22.2 Å². The molecule has 0 bridgehead atoms. The Balaban J connectivity index is 2.39. The number of hydrogen-bond acceptors (Lipinski definition) is 2. The molecule has 0 aromatic heterocycles. The molecule has 0 unspecified atom stereocenters. The minimum Gasteiger partial charge on any atom is -0.496 e. The van der Waals surface area contributed by atoms with Crippen LogP contribution >= 0.6 is 15.9 Å². The number of halogens is 3. The van der Waals surface area contributed by atoms with Crippen LogP contribution in [0.3, 0.4) is 0 Å². The van der Waals surface area contributed by atoms with E-state index in [-0.39, 0.29) is 17.5 Å². The predicted molar refractivity (Wildman–Crippen MR) is 79.8 cm³/mol. The summed E-state index contributed by atoms with van der Waals surface area (Å²) >= 11 is 3.34. The molecule has 2 aromatic carbocycles. The topological polar surface area (TPSA) is 26.3 Å². The summed E-state index contributed by atoms with van der Waals surface area (Å²) in [5.41, 5.74) is 0.958. The second-order valence-electron chi connectivity index (χ2n) is 4.60. The van der Waals surface area contributed by atoms with Crippen LogP contribution in [0, 0.1) is 18.6 Å². The van der Waals surface area contributed by atoms with Crippen molar-refractivity contribution in [1.29, 1.82) is 0 Å². The summed E-state index contributed by atoms with van der Waals surface area (Å²) in [5, 5.41) is 0. The molecule has 2 aromatic rings. The largest absolute Gasteiger partial charge is 0.496 e. The van der Waals surface area contributed by atoms with Crippen LogP contribution in [-0.4, -0.2) is 12.9 Å². The second kappa shape index (κ2) is 6.35. The Bertz CT molecular complexity index is 679. The lowest BCUT2D eigenvalue weighted by molar-refractivity contribution is 0.0987. The standard InChI is InChI=1S/C16H13BrF2O2/c1-9-6-16(21-2)11(7-12(9)17)15(20)8-10-13(18)4-3-5-14(10)19/h3-7H,8H2,1-2H3. The summed E-state index contributed by atoms with van der Waals surface area (Å²) in [6, 6.07) is 6.84. The van der Waals surface area contributed by atoms with Crippen molar-refractivity contribution in [2.45, 2.75) is 13.3 Å². The van der Waals surface area contributed by atoms with Gasteiger partial charge in [-0.15, -0.1) is 0 Å². The molecule has 0 radical (unpaired) electrons. The molecular formula is C16H13BrF2O2. The van der Waals surface area contributed by atoms with Gasteiger partial charge in [-0.1, -0.05) is 22.0 Å². The smallest absolute Gasteiger partial charge is 0.171 e. The Hall–Kier alpha value is -1.75. The molecule has 0 saturated heterocycles. The van der Waals surface area contributed by atoms with Crippen LogP contribution in [0.15, 0.2) is 34.8 Å². The maximum atomic E-state index is 13.6. The molecule has 0 atom stereocenters. The van der Waals surface area contributed by atoms with Gasteiger partial charge in [0.25, 0.3) is 0 Å². The van der Waals surface area contributed by atoms with Gasteiger partial charge in [-0.2, -0.15) is 0 Å². The number of hydrogen-bond donors (Lipinski definition) is 0. The van der Waals surface area contributed by atoms with Crippen molar-refractivity contribution in [3.8, 4) is 5.75 Å². The van der Waals surface area contributed by atoms with Gasteiger partial charge in [-0.25, -0.2) is 8.78 Å². The molecule has 0 aliphatic carbocycles. The summed E-state index contributed by atoms with van der Waals surface area (Å²) in [4.78, 5) is 12.3. The lowest BCUT2D eigenvalue weighted by Crippen LogP contribution is -2.09. The maximum Gasteiger partial charge on any atom is 0.171 e. The number of ether oxygens (including phenoxy) is 1. The van der Waals surface area contributed by atoms with Crippen LogP contribution in [0.25, 0.3) is 0 Å². The van der Waals surface area contributed by atoms with Crippen LogP contribution in [0.2, 0.25) is 0 Å². The Morgan fingerprint density at radius 1 is 1.24 bits per heavy atom. The van der Waals surface area contributed by atoms with E-state index >= 15 is 0 Å². The first-order valence-electron chi connectivity index (χ1n) is 6.24. The van der Waals surface area contributed by atoms with Gasteiger partial charge in [0.05, 0.1) is 12.7 Å². The van der Waals surface area contributed by atoms with Gasteiger partial charge in [-0.3, -0.25) is 4.79 Å². The molecule has 0 N–H and O–H groups in total. The number of methoxy groups -OCH3 is 1. The molecule has 0 fully saturated rings. The van der Waals surface area contributed by atoms with E-state index in [4.69, 9.17) is 4.74 Å². The highest BCUT2D eigenvalue weighted by Gasteiger charge is 2.18. The highest BCUT2D eigenvalue weighted by Crippen LogP contribution is 2.28. The molecule has 0 aliphatic rings. The summed E-state index contributed by atoms with van der Waals surface area (Å²) in [6.07, 6.45) is -0.357. The number of Topliss-reactive ketones (excluding diaryl/α,β-unsaturated/α-hetero) is 1. The summed E-state index contributed by atoms with van der Waals surface area (Å²) < 4.78 is 33.1. The Morgan fingerprint density at radius 2 is 1.86 bits per heavy atom. The van der Waals surface area contributed by atoms with E-state index in [1.807, 2.05) is 6.92 Å². The first-order valence-corrected chi connectivity index (χ1v) is 7.03. The molecule has 2 nitrogen and oxygen atoms in total. The average molecular weight is 355 g/mol.